The standard InChI is InChI=1S/C21H29N7O.HI/c1-2-22-20(27-10-12-28(13-11-27)21-23-8-3-9-24-21)26-15-18-6-7-19(25-14-18)29-16-17-4-5-17;/h3,6-9,14,17H,2,4-5,10-13,15-16H2,1H3,(H,22,26);1H. The summed E-state index contributed by atoms with van der Waals surface area (Å²) >= 11 is 0. The fourth-order valence-electron chi connectivity index (χ4n) is 3.24. The lowest BCUT2D eigenvalue weighted by Gasteiger charge is -2.36. The van der Waals surface area contributed by atoms with Crippen LogP contribution in [0.1, 0.15) is 25.3 Å². The first-order valence-corrected chi connectivity index (χ1v) is 10.4. The van der Waals surface area contributed by atoms with E-state index in [1.807, 2.05) is 24.4 Å². The Kier molecular flexibility index (Phi) is 8.47. The number of rotatable bonds is 7. The van der Waals surface area contributed by atoms with Crippen molar-refractivity contribution in [1.29, 1.82) is 0 Å². The minimum atomic E-state index is 0. The summed E-state index contributed by atoms with van der Waals surface area (Å²) in [5, 5.41) is 3.41. The molecule has 3 heterocycles. The maximum atomic E-state index is 5.71. The largest absolute Gasteiger partial charge is 0.477 e. The minimum Gasteiger partial charge on any atom is -0.477 e. The zero-order valence-electron chi connectivity index (χ0n) is 17.4. The predicted octanol–water partition coefficient (Wildman–Crippen LogP) is 2.57. The van der Waals surface area contributed by atoms with Gasteiger partial charge in [-0.25, -0.2) is 19.9 Å². The van der Waals surface area contributed by atoms with Crippen LogP contribution in [-0.4, -0.2) is 65.1 Å². The topological polar surface area (TPSA) is 78.8 Å². The van der Waals surface area contributed by atoms with E-state index in [-0.39, 0.29) is 24.0 Å². The van der Waals surface area contributed by atoms with Gasteiger partial charge in [0, 0.05) is 57.4 Å². The Morgan fingerprint density at radius 2 is 1.90 bits per heavy atom. The number of nitrogens with one attached hydrogen (secondary N) is 1. The lowest BCUT2D eigenvalue weighted by Crippen LogP contribution is -2.52. The van der Waals surface area contributed by atoms with Gasteiger partial charge in [0.05, 0.1) is 13.2 Å². The van der Waals surface area contributed by atoms with Crippen LogP contribution in [0.25, 0.3) is 0 Å². The molecule has 2 aromatic heterocycles. The van der Waals surface area contributed by atoms with Crippen molar-refractivity contribution in [1.82, 2.24) is 25.2 Å². The molecule has 9 heteroatoms. The summed E-state index contributed by atoms with van der Waals surface area (Å²) in [6.45, 7) is 7.85. The summed E-state index contributed by atoms with van der Waals surface area (Å²) in [7, 11) is 0. The van der Waals surface area contributed by atoms with Crippen LogP contribution >= 0.6 is 24.0 Å². The summed E-state index contributed by atoms with van der Waals surface area (Å²) in [6.07, 6.45) is 8.01. The number of aliphatic imine (C=N–C) groups is 1. The van der Waals surface area contributed by atoms with Crippen LogP contribution in [0.5, 0.6) is 5.88 Å². The van der Waals surface area contributed by atoms with E-state index < -0.39 is 0 Å². The van der Waals surface area contributed by atoms with Crippen molar-refractivity contribution >= 4 is 35.9 Å². The van der Waals surface area contributed by atoms with Gasteiger partial charge in [-0.1, -0.05) is 6.07 Å². The summed E-state index contributed by atoms with van der Waals surface area (Å²) in [4.78, 5) is 22.4. The molecule has 2 aliphatic rings. The lowest BCUT2D eigenvalue weighted by atomic mass is 10.3. The van der Waals surface area contributed by atoms with E-state index in [1.165, 1.54) is 12.8 Å². The molecule has 0 bridgehead atoms. The Morgan fingerprint density at radius 1 is 1.13 bits per heavy atom. The van der Waals surface area contributed by atoms with E-state index in [9.17, 15) is 0 Å². The molecule has 162 valence electrons. The van der Waals surface area contributed by atoms with Gasteiger partial charge in [0.1, 0.15) is 0 Å². The van der Waals surface area contributed by atoms with Crippen molar-refractivity contribution in [3.63, 3.8) is 0 Å². The minimum absolute atomic E-state index is 0. The number of aromatic nitrogens is 3. The summed E-state index contributed by atoms with van der Waals surface area (Å²) in [6, 6.07) is 5.84. The van der Waals surface area contributed by atoms with E-state index in [0.29, 0.717) is 12.4 Å². The highest BCUT2D eigenvalue weighted by Gasteiger charge is 2.22. The highest BCUT2D eigenvalue weighted by molar-refractivity contribution is 14.0. The maximum absolute atomic E-state index is 5.71. The van der Waals surface area contributed by atoms with Gasteiger partial charge in [0.25, 0.3) is 0 Å². The van der Waals surface area contributed by atoms with Gasteiger partial charge in [-0.3, -0.25) is 0 Å². The number of ether oxygens (including phenoxy) is 1. The first-order chi connectivity index (χ1) is 14.3. The van der Waals surface area contributed by atoms with Gasteiger partial charge >= 0.3 is 0 Å². The van der Waals surface area contributed by atoms with Gasteiger partial charge in [-0.05, 0) is 37.3 Å². The smallest absolute Gasteiger partial charge is 0.225 e. The molecule has 1 N–H and O–H groups in total. The second-order valence-electron chi connectivity index (χ2n) is 7.45. The maximum Gasteiger partial charge on any atom is 0.225 e. The van der Waals surface area contributed by atoms with Crippen molar-refractivity contribution in [2.45, 2.75) is 26.3 Å². The number of hydrogen-bond acceptors (Lipinski definition) is 6. The van der Waals surface area contributed by atoms with Gasteiger partial charge in [-0.2, -0.15) is 0 Å². The first-order valence-electron chi connectivity index (χ1n) is 10.4. The fraction of sp³-hybridized carbons (Fsp3) is 0.524. The zero-order valence-corrected chi connectivity index (χ0v) is 19.7. The second-order valence-corrected chi connectivity index (χ2v) is 7.45. The van der Waals surface area contributed by atoms with Crippen LogP contribution in [0.3, 0.4) is 0 Å². The Balaban J connectivity index is 0.00000256. The van der Waals surface area contributed by atoms with E-state index in [0.717, 1.165) is 62.7 Å². The molecule has 2 fully saturated rings. The summed E-state index contributed by atoms with van der Waals surface area (Å²) < 4.78 is 5.71. The summed E-state index contributed by atoms with van der Waals surface area (Å²) in [5.74, 6) is 3.17. The van der Waals surface area contributed by atoms with Crippen molar-refractivity contribution < 1.29 is 4.74 Å². The fourth-order valence-corrected chi connectivity index (χ4v) is 3.24. The Bertz CT molecular complexity index is 791. The molecule has 0 spiro atoms. The van der Waals surface area contributed by atoms with Crippen molar-refractivity contribution in [3.8, 4) is 5.88 Å². The molecule has 0 atom stereocenters. The lowest BCUT2D eigenvalue weighted by molar-refractivity contribution is 0.288. The molecular formula is C21H30IN7O. The number of guanidine groups is 1. The molecule has 1 aliphatic heterocycles. The molecule has 1 saturated heterocycles. The van der Waals surface area contributed by atoms with Crippen molar-refractivity contribution in [2.24, 2.45) is 10.9 Å². The third kappa shape index (κ3) is 6.41. The van der Waals surface area contributed by atoms with Gasteiger partial charge < -0.3 is 19.9 Å². The third-order valence-electron chi connectivity index (χ3n) is 5.12. The number of nitrogens with zero attached hydrogens (tertiary/aromatic N) is 6. The third-order valence-corrected chi connectivity index (χ3v) is 5.12. The normalized spacial score (nSPS) is 16.8. The van der Waals surface area contributed by atoms with Crippen LogP contribution in [-0.2, 0) is 6.54 Å². The van der Waals surface area contributed by atoms with E-state index in [4.69, 9.17) is 9.73 Å². The molecule has 30 heavy (non-hydrogen) atoms. The molecule has 8 nitrogen and oxygen atoms in total. The van der Waals surface area contributed by atoms with Crippen LogP contribution < -0.4 is 15.0 Å². The molecule has 0 aromatic carbocycles. The Hall–Kier alpha value is -2.17. The first kappa shape index (κ1) is 22.5. The van der Waals surface area contributed by atoms with Gasteiger partial charge in [0.15, 0.2) is 5.96 Å². The molecule has 0 amide bonds. The molecule has 1 aliphatic carbocycles. The second kappa shape index (κ2) is 11.3. The average molecular weight is 523 g/mol. The summed E-state index contributed by atoms with van der Waals surface area (Å²) in [5.41, 5.74) is 1.08. The number of halogens is 1. The van der Waals surface area contributed by atoms with E-state index in [2.05, 4.69) is 37.0 Å². The van der Waals surface area contributed by atoms with E-state index >= 15 is 0 Å². The monoisotopic (exact) mass is 523 g/mol. The number of piperazine rings is 1. The number of hydrogen-bond donors (Lipinski definition) is 1. The van der Waals surface area contributed by atoms with Gasteiger partial charge in [0.2, 0.25) is 11.8 Å². The highest BCUT2D eigenvalue weighted by atomic mass is 127. The Labute approximate surface area is 195 Å². The van der Waals surface area contributed by atoms with Crippen LogP contribution in [0.4, 0.5) is 5.95 Å². The van der Waals surface area contributed by atoms with Gasteiger partial charge in [-0.15, -0.1) is 24.0 Å². The van der Waals surface area contributed by atoms with Crippen LogP contribution in [0.2, 0.25) is 0 Å². The number of anilines is 1. The molecule has 4 rings (SSSR count). The zero-order chi connectivity index (χ0) is 19.9. The van der Waals surface area contributed by atoms with Crippen molar-refractivity contribution in [3.05, 3.63) is 42.4 Å². The predicted molar refractivity (Wildman–Crippen MR) is 129 cm³/mol. The highest BCUT2D eigenvalue weighted by Crippen LogP contribution is 2.29. The van der Waals surface area contributed by atoms with Crippen molar-refractivity contribution in [2.75, 3.05) is 44.2 Å². The van der Waals surface area contributed by atoms with Crippen LogP contribution in [0.15, 0.2) is 41.8 Å². The molecule has 0 unspecified atom stereocenters. The van der Waals surface area contributed by atoms with E-state index in [1.54, 1.807) is 12.4 Å². The molecule has 2 aromatic rings. The molecule has 1 saturated carbocycles. The Morgan fingerprint density at radius 3 is 2.53 bits per heavy atom. The molecule has 0 radical (unpaired) electrons. The quantitative estimate of drug-likeness (QED) is 0.340. The van der Waals surface area contributed by atoms with Crippen LogP contribution in [0, 0.1) is 5.92 Å². The molecular weight excluding hydrogens is 493 g/mol. The average Bonchev–Trinajstić information content (AvgIpc) is 3.61. The number of pyridine rings is 1. The SMILES string of the molecule is CCNC(=NCc1ccc(OCC2CC2)nc1)N1CCN(c2ncccn2)CC1.I.